The van der Waals surface area contributed by atoms with Crippen LogP contribution < -0.4 is 10.6 Å². The first-order valence-electron chi connectivity index (χ1n) is 20.0. The van der Waals surface area contributed by atoms with Gasteiger partial charge in [-0.05, 0) is 54.4 Å². The Bertz CT molecular complexity index is 1530. The Kier molecular flexibility index (Phi) is 27.1. The van der Waals surface area contributed by atoms with E-state index in [1.54, 1.807) is 36.4 Å². The summed E-state index contributed by atoms with van der Waals surface area (Å²) in [5, 5.41) is 15.4. The van der Waals surface area contributed by atoms with Crippen LogP contribution in [0.25, 0.3) is 11.1 Å². The van der Waals surface area contributed by atoms with Gasteiger partial charge in [-0.3, -0.25) is 19.2 Å². The number of carbonyl (C=O) groups excluding carboxylic acids is 4. The number of phenols is 1. The first kappa shape index (κ1) is 50.1. The van der Waals surface area contributed by atoms with Crippen molar-refractivity contribution in [3.8, 4) is 53.9 Å². The average molecular weight is 817 g/mol. The van der Waals surface area contributed by atoms with Crippen molar-refractivity contribution in [1.82, 2.24) is 10.6 Å². The third kappa shape index (κ3) is 23.8. The molecule has 0 saturated heterocycles. The van der Waals surface area contributed by atoms with Gasteiger partial charge in [-0.1, -0.05) is 54.2 Å². The summed E-state index contributed by atoms with van der Waals surface area (Å²) >= 11 is 0. The molecule has 320 valence electrons. The van der Waals surface area contributed by atoms with Gasteiger partial charge in [-0.15, -0.1) is 19.3 Å². The Morgan fingerprint density at radius 2 is 0.966 bits per heavy atom. The monoisotopic (exact) mass is 816 g/mol. The van der Waals surface area contributed by atoms with Gasteiger partial charge in [0.05, 0.1) is 52.9 Å². The Morgan fingerprint density at radius 1 is 0.542 bits per heavy atom. The fourth-order valence-electron chi connectivity index (χ4n) is 6.00. The molecule has 13 nitrogen and oxygen atoms in total. The fraction of sp³-hybridized carbons (Fsp3) is 0.522. The first-order valence-corrected chi connectivity index (χ1v) is 20.0. The highest BCUT2D eigenvalue weighted by Gasteiger charge is 2.34. The van der Waals surface area contributed by atoms with Crippen LogP contribution in [0.1, 0.15) is 68.1 Å². The predicted octanol–water partition coefficient (Wildman–Crippen LogP) is 4.54. The number of phenolic OH excluding ortho intramolecular Hbond substituents is 1. The third-order valence-corrected chi connectivity index (χ3v) is 9.20. The molecule has 0 saturated carbocycles. The van der Waals surface area contributed by atoms with Crippen LogP contribution in [0.15, 0.2) is 48.5 Å². The molecular formula is C46H60N2O11. The minimum Gasteiger partial charge on any atom is -0.508 e. The van der Waals surface area contributed by atoms with Gasteiger partial charge in [0.15, 0.2) is 5.78 Å². The van der Waals surface area contributed by atoms with Gasteiger partial charge >= 0.3 is 0 Å². The van der Waals surface area contributed by atoms with Crippen molar-refractivity contribution in [3.05, 3.63) is 54.1 Å². The molecule has 0 radical (unpaired) electrons. The summed E-state index contributed by atoms with van der Waals surface area (Å²) in [7, 11) is 0. The van der Waals surface area contributed by atoms with Gasteiger partial charge in [0.2, 0.25) is 11.8 Å². The van der Waals surface area contributed by atoms with Crippen molar-refractivity contribution in [2.24, 2.45) is 5.41 Å². The van der Waals surface area contributed by atoms with Crippen LogP contribution in [-0.2, 0) is 42.8 Å². The van der Waals surface area contributed by atoms with E-state index in [-0.39, 0.29) is 120 Å². The molecular weight excluding hydrogens is 757 g/mol. The Labute approximate surface area is 349 Å². The molecule has 0 spiro atoms. The molecule has 0 aliphatic rings. The SMILES string of the molecule is C#CCOCCOCCCC(=O)CCC(CCC(=O)NCCOCCOCC#C)(CCC(=O)NCCOCCOCC#C)CC(=O)c1ccc(-c2ccc(O)cc2)cc1. The maximum absolute atomic E-state index is 14.1. The zero-order valence-corrected chi connectivity index (χ0v) is 34.1. The zero-order chi connectivity index (χ0) is 42.8. The number of hydrogen-bond donors (Lipinski definition) is 3. The van der Waals surface area contributed by atoms with E-state index in [4.69, 9.17) is 47.7 Å². The topological polar surface area (TPSA) is 168 Å². The summed E-state index contributed by atoms with van der Waals surface area (Å²) in [4.78, 5) is 53.6. The lowest BCUT2D eigenvalue weighted by Crippen LogP contribution is -2.33. The molecule has 0 atom stereocenters. The number of aromatic hydroxyl groups is 1. The summed E-state index contributed by atoms with van der Waals surface area (Å²) in [6.45, 7) is 4.10. The van der Waals surface area contributed by atoms with Crippen molar-refractivity contribution in [3.63, 3.8) is 0 Å². The summed E-state index contributed by atoms with van der Waals surface area (Å²) in [6.07, 6.45) is 17.5. The minimum atomic E-state index is -0.863. The second kappa shape index (κ2) is 31.9. The number of ether oxygens (including phenoxy) is 6. The highest BCUT2D eigenvalue weighted by molar-refractivity contribution is 5.97. The van der Waals surface area contributed by atoms with Crippen LogP contribution in [-0.4, -0.2) is 121 Å². The number of benzene rings is 2. The fourth-order valence-corrected chi connectivity index (χ4v) is 6.00. The predicted molar refractivity (Wildman–Crippen MR) is 224 cm³/mol. The van der Waals surface area contributed by atoms with Crippen LogP contribution in [0.4, 0.5) is 0 Å². The summed E-state index contributed by atoms with van der Waals surface area (Å²) in [5.41, 5.74) is 1.34. The van der Waals surface area contributed by atoms with Gasteiger partial charge in [0.25, 0.3) is 0 Å². The van der Waals surface area contributed by atoms with Gasteiger partial charge in [-0.25, -0.2) is 0 Å². The van der Waals surface area contributed by atoms with Crippen LogP contribution in [0, 0.1) is 42.4 Å². The first-order chi connectivity index (χ1) is 28.7. The molecule has 0 fully saturated rings. The van der Waals surface area contributed by atoms with Gasteiger partial charge in [-0.2, -0.15) is 0 Å². The van der Waals surface area contributed by atoms with Crippen LogP contribution >= 0.6 is 0 Å². The zero-order valence-electron chi connectivity index (χ0n) is 34.1. The maximum Gasteiger partial charge on any atom is 0.220 e. The summed E-state index contributed by atoms with van der Waals surface area (Å²) < 4.78 is 32.1. The van der Waals surface area contributed by atoms with E-state index >= 15 is 0 Å². The highest BCUT2D eigenvalue weighted by atomic mass is 16.5. The normalized spacial score (nSPS) is 10.9. The quantitative estimate of drug-likeness (QED) is 0.0508. The lowest BCUT2D eigenvalue weighted by atomic mass is 9.70. The molecule has 2 amide bonds. The molecule has 2 aromatic carbocycles. The largest absolute Gasteiger partial charge is 0.508 e. The van der Waals surface area contributed by atoms with Gasteiger partial charge < -0.3 is 44.2 Å². The molecule has 59 heavy (non-hydrogen) atoms. The van der Waals surface area contributed by atoms with E-state index in [9.17, 15) is 24.3 Å². The molecule has 0 heterocycles. The second-order valence-corrected chi connectivity index (χ2v) is 13.7. The Balaban J connectivity index is 2.18. The van der Waals surface area contributed by atoms with E-state index < -0.39 is 5.41 Å². The smallest absolute Gasteiger partial charge is 0.220 e. The molecule has 0 bridgehead atoms. The van der Waals surface area contributed by atoms with E-state index in [1.165, 1.54) is 0 Å². The number of Topliss-reactive ketones (excluding diaryl/α,β-unsaturated/α-hetero) is 2. The molecule has 2 aromatic rings. The number of amides is 2. The van der Waals surface area contributed by atoms with Gasteiger partial charge in [0.1, 0.15) is 31.4 Å². The molecule has 0 aliphatic heterocycles. The number of ketones is 2. The standard InChI is InChI=1S/C46H60N2O11/c1-4-25-54-31-34-57-28-7-8-41(49)17-20-46(21-18-44(52)47-23-29-58-35-32-55-26-5-2,22-19-45(53)48-24-30-59-36-33-56-27-6-3)37-43(51)40-11-9-38(10-12-40)39-13-15-42(50)16-14-39/h1-3,9-16,50H,7-8,17-37H2,(H,47,52)(H,48,53). The van der Waals surface area contributed by atoms with Crippen molar-refractivity contribution in [2.45, 2.75) is 57.8 Å². The molecule has 0 aliphatic carbocycles. The van der Waals surface area contributed by atoms with E-state index in [0.29, 0.717) is 64.7 Å². The minimum absolute atomic E-state index is 0.00657. The van der Waals surface area contributed by atoms with Crippen molar-refractivity contribution in [1.29, 1.82) is 0 Å². The average Bonchev–Trinajstić information content (AvgIpc) is 3.24. The number of hydrogen-bond acceptors (Lipinski definition) is 11. The van der Waals surface area contributed by atoms with Crippen LogP contribution in [0.5, 0.6) is 5.75 Å². The number of nitrogens with one attached hydrogen (secondary N) is 2. The molecule has 2 rings (SSSR count). The van der Waals surface area contributed by atoms with Crippen molar-refractivity contribution < 1.29 is 52.7 Å². The summed E-state index contributed by atoms with van der Waals surface area (Å²) in [5.74, 6) is 6.65. The van der Waals surface area contributed by atoms with Gasteiger partial charge in [0, 0.05) is 57.4 Å². The maximum atomic E-state index is 14.1. The third-order valence-electron chi connectivity index (χ3n) is 9.20. The van der Waals surface area contributed by atoms with Crippen molar-refractivity contribution in [2.75, 3.05) is 92.4 Å². The number of terminal acetylenes is 3. The van der Waals surface area contributed by atoms with Crippen LogP contribution in [0.3, 0.4) is 0 Å². The lowest BCUT2D eigenvalue weighted by molar-refractivity contribution is -0.122. The number of rotatable bonds is 35. The lowest BCUT2D eigenvalue weighted by Gasteiger charge is -2.33. The molecule has 0 unspecified atom stereocenters. The summed E-state index contributed by atoms with van der Waals surface area (Å²) in [6, 6.07) is 13.9. The molecule has 13 heteroatoms. The number of carbonyl (C=O) groups is 4. The Hall–Kier alpha value is -5.04. The highest BCUT2D eigenvalue weighted by Crippen LogP contribution is 2.40. The van der Waals surface area contributed by atoms with E-state index in [0.717, 1.165) is 11.1 Å². The Morgan fingerprint density at radius 3 is 1.44 bits per heavy atom. The van der Waals surface area contributed by atoms with Crippen molar-refractivity contribution >= 4 is 23.4 Å². The van der Waals surface area contributed by atoms with E-state index in [2.05, 4.69) is 28.4 Å². The van der Waals surface area contributed by atoms with Crippen LogP contribution in [0.2, 0.25) is 0 Å². The molecule has 0 aromatic heterocycles. The molecule has 3 N–H and O–H groups in total. The van der Waals surface area contributed by atoms with E-state index in [1.807, 2.05) is 12.1 Å². The second-order valence-electron chi connectivity index (χ2n) is 13.7.